The largest absolute Gasteiger partial charge is 0.506 e. The van der Waals surface area contributed by atoms with Gasteiger partial charge in [0.25, 0.3) is 5.91 Å². The van der Waals surface area contributed by atoms with Crippen LogP contribution in [-0.2, 0) is 9.59 Å². The van der Waals surface area contributed by atoms with Crippen molar-refractivity contribution < 1.29 is 29.7 Å². The normalized spacial score (nSPS) is 29.6. The van der Waals surface area contributed by atoms with Gasteiger partial charge in [-0.1, -0.05) is 30.3 Å². The monoisotopic (exact) mass is 522 g/mol. The number of carbonyl (C=O) groups excluding carboxylic acids is 3. The molecule has 6 rings (SSSR count). The number of aliphatic hydroxyl groups is 2. The summed E-state index contributed by atoms with van der Waals surface area (Å²) in [6, 6.07) is 6.85. The standard InChI is InChI=1S/C24H26N8O6/c25-21-29-19-14(9-31-16(33)7-8-17(31)34)27-22(26)32-10-15(24(37,38)23(19,32)30-21)28-20(36)13-6-5-11-3-1-2-4-12(11)18(13)35/h1-6,14-15,19,35,37-38H,7-10H2,(H2,26,27)(H,28,36)(H3,25,29,30)/t14-,15?,19-,23-/m0/s1. The van der Waals surface area contributed by atoms with Crippen molar-refractivity contribution in [3.05, 3.63) is 42.0 Å². The molecule has 38 heavy (non-hydrogen) atoms. The fraction of sp³-hybridized carbons (Fsp3) is 0.375. The maximum Gasteiger partial charge on any atom is 0.255 e. The van der Waals surface area contributed by atoms with Crippen LogP contribution in [0.5, 0.6) is 5.75 Å². The second-order valence-corrected chi connectivity index (χ2v) is 9.93. The zero-order chi connectivity index (χ0) is 27.0. The number of phenols is 1. The Bertz CT molecular complexity index is 1410. The summed E-state index contributed by atoms with van der Waals surface area (Å²) in [7, 11) is 0. The first-order valence-corrected chi connectivity index (χ1v) is 12.1. The summed E-state index contributed by atoms with van der Waals surface area (Å²) in [6.07, 6.45) is 0.151. The molecular formula is C24H26N8O6. The molecule has 2 aromatic carbocycles. The van der Waals surface area contributed by atoms with Gasteiger partial charge in [-0.25, -0.2) is 0 Å². The summed E-state index contributed by atoms with van der Waals surface area (Å²) in [5.74, 6) is -4.99. The lowest BCUT2D eigenvalue weighted by atomic mass is 9.84. The number of phenolic OH excluding ortho intramolecular Hbond substituents is 1. The number of aromatic hydroxyl groups is 1. The van der Waals surface area contributed by atoms with E-state index in [4.69, 9.17) is 10.8 Å². The number of rotatable bonds is 4. The highest BCUT2D eigenvalue weighted by Gasteiger charge is 2.74. The molecule has 3 amide bonds. The van der Waals surface area contributed by atoms with E-state index in [1.807, 2.05) is 0 Å². The first-order chi connectivity index (χ1) is 18.0. The average Bonchev–Trinajstić information content (AvgIpc) is 3.47. The molecule has 4 saturated heterocycles. The van der Waals surface area contributed by atoms with Gasteiger partial charge in [0.15, 0.2) is 17.6 Å². The number of imide groups is 1. The molecule has 4 atom stereocenters. The van der Waals surface area contributed by atoms with E-state index in [1.165, 1.54) is 11.0 Å². The lowest BCUT2D eigenvalue weighted by Gasteiger charge is -2.51. The molecule has 0 bridgehead atoms. The number of fused-ring (bicyclic) bond motifs is 1. The minimum atomic E-state index is -2.73. The molecule has 14 nitrogen and oxygen atoms in total. The van der Waals surface area contributed by atoms with Crippen molar-refractivity contribution in [1.82, 2.24) is 31.1 Å². The van der Waals surface area contributed by atoms with Gasteiger partial charge in [0.2, 0.25) is 17.6 Å². The molecule has 4 fully saturated rings. The fourth-order valence-electron chi connectivity index (χ4n) is 6.03. The van der Waals surface area contributed by atoms with Gasteiger partial charge in [0.05, 0.1) is 24.2 Å². The molecule has 0 saturated carbocycles. The predicted octanol–water partition coefficient (Wildman–Crippen LogP) is -2.11. The number of likely N-dealkylation sites (tertiary alicyclic amines) is 1. The lowest BCUT2D eigenvalue weighted by molar-refractivity contribution is -0.232. The van der Waals surface area contributed by atoms with E-state index in [9.17, 15) is 29.7 Å². The first kappa shape index (κ1) is 23.9. The van der Waals surface area contributed by atoms with Crippen molar-refractivity contribution in [3.63, 3.8) is 0 Å². The molecule has 0 radical (unpaired) electrons. The smallest absolute Gasteiger partial charge is 0.255 e. The molecule has 4 aliphatic heterocycles. The van der Waals surface area contributed by atoms with E-state index in [0.717, 1.165) is 10.3 Å². The van der Waals surface area contributed by atoms with Crippen LogP contribution < -0.4 is 21.3 Å². The van der Waals surface area contributed by atoms with Gasteiger partial charge in [-0.3, -0.25) is 30.1 Å². The third-order valence-corrected chi connectivity index (χ3v) is 7.88. The van der Waals surface area contributed by atoms with Crippen LogP contribution >= 0.6 is 0 Å². The van der Waals surface area contributed by atoms with Crippen molar-refractivity contribution in [2.45, 2.75) is 42.4 Å². The van der Waals surface area contributed by atoms with Crippen molar-refractivity contribution in [1.29, 1.82) is 10.8 Å². The molecule has 1 unspecified atom stereocenters. The quantitative estimate of drug-likeness (QED) is 0.157. The zero-order valence-electron chi connectivity index (χ0n) is 20.0. The minimum Gasteiger partial charge on any atom is -0.506 e. The second-order valence-electron chi connectivity index (χ2n) is 9.93. The Kier molecular flexibility index (Phi) is 5.06. The maximum atomic E-state index is 13.2. The van der Waals surface area contributed by atoms with Crippen LogP contribution in [-0.4, -0.2) is 97.4 Å². The van der Waals surface area contributed by atoms with Gasteiger partial charge in [-0.05, 0) is 11.5 Å². The van der Waals surface area contributed by atoms with E-state index in [0.29, 0.717) is 5.39 Å². The van der Waals surface area contributed by atoms with Crippen LogP contribution in [0.2, 0.25) is 0 Å². The Morgan fingerprint density at radius 2 is 1.79 bits per heavy atom. The molecule has 14 heteroatoms. The number of nitrogens with zero attached hydrogens (tertiary/aromatic N) is 2. The third kappa shape index (κ3) is 3.16. The highest BCUT2D eigenvalue weighted by atomic mass is 16.5. The van der Waals surface area contributed by atoms with Crippen molar-refractivity contribution in [3.8, 4) is 5.75 Å². The van der Waals surface area contributed by atoms with E-state index in [2.05, 4.69) is 21.3 Å². The van der Waals surface area contributed by atoms with Crippen LogP contribution in [0.15, 0.2) is 36.4 Å². The van der Waals surface area contributed by atoms with E-state index >= 15 is 0 Å². The van der Waals surface area contributed by atoms with Gasteiger partial charge < -0.3 is 41.5 Å². The Morgan fingerprint density at radius 1 is 1.08 bits per heavy atom. The lowest BCUT2D eigenvalue weighted by Crippen LogP contribution is -2.81. The second kappa shape index (κ2) is 8.03. The van der Waals surface area contributed by atoms with Gasteiger partial charge in [0, 0.05) is 24.8 Å². The molecule has 2 aromatic rings. The number of carbonyl (C=O) groups is 3. The highest BCUT2D eigenvalue weighted by Crippen LogP contribution is 2.43. The zero-order valence-corrected chi connectivity index (χ0v) is 20.0. The number of hydrogen-bond donors (Lipinski definition) is 9. The van der Waals surface area contributed by atoms with Gasteiger partial charge in [-0.2, -0.15) is 0 Å². The van der Waals surface area contributed by atoms with Crippen LogP contribution in [0, 0.1) is 10.8 Å². The molecule has 0 aromatic heterocycles. The van der Waals surface area contributed by atoms with Crippen LogP contribution in [0.25, 0.3) is 10.8 Å². The molecule has 9 N–H and O–H groups in total. The number of guanidine groups is 2. The maximum absolute atomic E-state index is 13.2. The third-order valence-electron chi connectivity index (χ3n) is 7.88. The summed E-state index contributed by atoms with van der Waals surface area (Å²) in [4.78, 5) is 40.0. The van der Waals surface area contributed by atoms with Crippen molar-refractivity contribution in [2.24, 2.45) is 0 Å². The summed E-state index contributed by atoms with van der Waals surface area (Å²) in [6.45, 7) is -0.383. The minimum absolute atomic E-state index is 0.0687. The van der Waals surface area contributed by atoms with Crippen LogP contribution in [0.3, 0.4) is 0 Å². The van der Waals surface area contributed by atoms with Crippen LogP contribution in [0.4, 0.5) is 0 Å². The van der Waals surface area contributed by atoms with Gasteiger partial charge in [0.1, 0.15) is 11.8 Å². The summed E-state index contributed by atoms with van der Waals surface area (Å²) >= 11 is 0. The number of amides is 3. The Hall–Kier alpha value is -4.43. The fourth-order valence-corrected chi connectivity index (χ4v) is 6.03. The molecule has 4 heterocycles. The molecule has 4 aliphatic rings. The van der Waals surface area contributed by atoms with E-state index in [1.54, 1.807) is 30.3 Å². The molecule has 0 aliphatic carbocycles. The molecule has 198 valence electrons. The summed E-state index contributed by atoms with van der Waals surface area (Å²) in [5, 5.41) is 62.8. The van der Waals surface area contributed by atoms with Crippen molar-refractivity contribution in [2.75, 3.05) is 13.1 Å². The number of nitrogens with one attached hydrogen (secondary N) is 6. The molecular weight excluding hydrogens is 496 g/mol. The predicted molar refractivity (Wildman–Crippen MR) is 132 cm³/mol. The van der Waals surface area contributed by atoms with Crippen LogP contribution in [0.1, 0.15) is 23.2 Å². The Balaban J connectivity index is 1.32. The Morgan fingerprint density at radius 3 is 2.53 bits per heavy atom. The van der Waals surface area contributed by atoms with E-state index in [-0.39, 0.29) is 61.0 Å². The Labute approximate surface area is 215 Å². The van der Waals surface area contributed by atoms with Gasteiger partial charge >= 0.3 is 0 Å². The van der Waals surface area contributed by atoms with Crippen molar-refractivity contribution >= 4 is 40.4 Å². The van der Waals surface area contributed by atoms with Gasteiger partial charge in [-0.15, -0.1) is 0 Å². The highest BCUT2D eigenvalue weighted by molar-refractivity contribution is 6.04. The first-order valence-electron chi connectivity index (χ1n) is 12.1. The molecule has 1 spiro atoms. The topological polar surface area (TPSA) is 214 Å². The average molecular weight is 523 g/mol. The van der Waals surface area contributed by atoms with E-state index < -0.39 is 35.5 Å². The number of hydrogen-bond acceptors (Lipinski definition) is 8. The summed E-state index contributed by atoms with van der Waals surface area (Å²) < 4.78 is 0. The number of benzene rings is 2. The SMILES string of the molecule is N=C1N[C@H]2[C@H](CN3C(=O)CCC3=O)NC(=N)N3CC(NC(=O)c4ccc5ccccc5c4O)C(O)(O)[C@]23N1. The summed E-state index contributed by atoms with van der Waals surface area (Å²) in [5.41, 5.74) is -1.95.